The molecule has 1 aromatic heterocycles. The molecule has 0 radical (unpaired) electrons. The molecule has 2 rings (SSSR count). The van der Waals surface area contributed by atoms with Crippen molar-refractivity contribution >= 4 is 5.82 Å². The molecular weight excluding hydrogens is 158 g/mol. The average molecular weight is 172 g/mol. The van der Waals surface area contributed by atoms with Gasteiger partial charge in [-0.2, -0.15) is 0 Å². The minimum absolute atomic E-state index is 0.132. The number of ether oxygens (including phenoxy) is 2. The van der Waals surface area contributed by atoms with Crippen molar-refractivity contribution in [2.75, 3.05) is 18.9 Å². The van der Waals surface area contributed by atoms with Crippen LogP contribution in [0.25, 0.3) is 0 Å². The van der Waals surface area contributed by atoms with Crippen LogP contribution in [0.2, 0.25) is 0 Å². The molecule has 2 N–H and O–H groups in total. The van der Waals surface area contributed by atoms with Crippen LogP contribution in [-0.4, -0.2) is 29.4 Å². The molecule has 1 aromatic rings. The Kier molecular flexibility index (Phi) is 0.875. The summed E-state index contributed by atoms with van der Waals surface area (Å²) in [6.07, 6.45) is -2.54. The first kappa shape index (κ1) is 3.57. The van der Waals surface area contributed by atoms with E-state index in [9.17, 15) is 0 Å². The largest absolute Gasteiger partial charge is 0.468 e. The average Bonchev–Trinajstić information content (AvgIpc) is 2.19. The lowest BCUT2D eigenvalue weighted by Gasteiger charge is -2.25. The number of aromatic nitrogens is 2. The Labute approximate surface area is 76.5 Å². The molecule has 0 saturated carbocycles. The van der Waals surface area contributed by atoms with Crippen molar-refractivity contribution in [3.05, 3.63) is 12.1 Å². The van der Waals surface area contributed by atoms with Gasteiger partial charge in [-0.15, -0.1) is 10.2 Å². The Morgan fingerprint density at radius 1 is 1.67 bits per heavy atom. The van der Waals surface area contributed by atoms with Crippen molar-refractivity contribution in [2.45, 2.75) is 6.08 Å². The first-order valence-electron chi connectivity index (χ1n) is 5.66. The van der Waals surface area contributed by atoms with E-state index in [2.05, 4.69) is 14.9 Å². The molecule has 0 amide bonds. The van der Waals surface area contributed by atoms with Crippen molar-refractivity contribution in [1.82, 2.24) is 10.2 Å². The summed E-state index contributed by atoms with van der Waals surface area (Å²) in [7, 11) is 0. The molecule has 64 valence electrons. The standard InChI is InChI=1S/C7H9N3O2/c8-6-1-2-7(10-9-6)12-5-3-11-4-5/h1-2,5H,3-4H2,(H2,8,9)/i3D2,4D2,5D. The normalized spacial score (nSPS) is 34.2. The van der Waals surface area contributed by atoms with Crippen molar-refractivity contribution in [1.29, 1.82) is 0 Å². The molecule has 1 aliphatic heterocycles. The highest BCUT2D eigenvalue weighted by Gasteiger charge is 2.20. The molecule has 0 bridgehead atoms. The fourth-order valence-corrected chi connectivity index (χ4v) is 0.624. The van der Waals surface area contributed by atoms with Gasteiger partial charge in [0, 0.05) is 6.07 Å². The van der Waals surface area contributed by atoms with Crippen LogP contribution in [0.1, 0.15) is 6.85 Å². The lowest BCUT2D eigenvalue weighted by molar-refractivity contribution is -0.0816. The number of anilines is 1. The summed E-state index contributed by atoms with van der Waals surface area (Å²) in [6.45, 7) is -5.14. The summed E-state index contributed by atoms with van der Waals surface area (Å²) in [5.41, 5.74) is 5.29. The summed E-state index contributed by atoms with van der Waals surface area (Å²) < 4.78 is 46.0. The summed E-state index contributed by atoms with van der Waals surface area (Å²) in [6, 6.07) is 2.61. The molecule has 0 aromatic carbocycles. The number of nitrogens with two attached hydrogens (primary N) is 1. The molecule has 0 spiro atoms. The number of nitrogen functional groups attached to an aromatic ring is 1. The topological polar surface area (TPSA) is 70.3 Å². The molecular formula is C7H9N3O2. The molecule has 1 aliphatic rings. The highest BCUT2D eigenvalue weighted by molar-refractivity contribution is 5.27. The zero-order chi connectivity index (χ0) is 12.9. The Balaban J connectivity index is 2.25. The van der Waals surface area contributed by atoms with Crippen LogP contribution in [0.15, 0.2) is 12.1 Å². The SMILES string of the molecule is [2H]C1([2H])OC([2H])([2H])C1([2H])Oc1ccc(N)nn1. The molecule has 0 aliphatic carbocycles. The van der Waals surface area contributed by atoms with Crippen LogP contribution in [-0.2, 0) is 4.74 Å². The van der Waals surface area contributed by atoms with Gasteiger partial charge in [0.25, 0.3) is 0 Å². The van der Waals surface area contributed by atoms with Gasteiger partial charge in [0.05, 0.1) is 20.0 Å². The quantitative estimate of drug-likeness (QED) is 0.671. The molecule has 12 heavy (non-hydrogen) atoms. The second-order valence-corrected chi connectivity index (χ2v) is 2.03. The maximum Gasteiger partial charge on any atom is 0.233 e. The Morgan fingerprint density at radius 3 is 3.08 bits per heavy atom. The zero-order valence-corrected chi connectivity index (χ0v) is 5.94. The Bertz CT molecular complexity index is 424. The predicted molar refractivity (Wildman–Crippen MR) is 41.7 cm³/mol. The van der Waals surface area contributed by atoms with Crippen molar-refractivity contribution in [3.8, 4) is 5.88 Å². The van der Waals surface area contributed by atoms with E-state index in [0.29, 0.717) is 0 Å². The number of hydrogen-bond donors (Lipinski definition) is 1. The van der Waals surface area contributed by atoms with Crippen molar-refractivity contribution < 1.29 is 16.3 Å². The third-order valence-corrected chi connectivity index (χ3v) is 1.15. The van der Waals surface area contributed by atoms with E-state index in [4.69, 9.17) is 17.3 Å². The second-order valence-electron chi connectivity index (χ2n) is 2.03. The van der Waals surface area contributed by atoms with Crippen molar-refractivity contribution in [2.24, 2.45) is 0 Å². The van der Waals surface area contributed by atoms with Crippen LogP contribution >= 0.6 is 0 Å². The maximum atomic E-state index is 7.66. The molecule has 0 atom stereocenters. The Morgan fingerprint density at radius 2 is 2.50 bits per heavy atom. The van der Waals surface area contributed by atoms with E-state index in [0.717, 1.165) is 0 Å². The predicted octanol–water partition coefficient (Wildman–Crippen LogP) is -0.164. The molecule has 5 heteroatoms. The van der Waals surface area contributed by atoms with Crippen LogP contribution in [0, 0.1) is 0 Å². The highest BCUT2D eigenvalue weighted by atomic mass is 16.6. The van der Waals surface area contributed by atoms with E-state index in [-0.39, 0.29) is 11.7 Å². The van der Waals surface area contributed by atoms with Crippen LogP contribution in [0.4, 0.5) is 5.82 Å². The minimum atomic E-state index is -2.57. The third kappa shape index (κ3) is 1.45. The van der Waals surface area contributed by atoms with Crippen LogP contribution in [0.3, 0.4) is 0 Å². The first-order valence-corrected chi connectivity index (χ1v) is 3.16. The summed E-state index contributed by atoms with van der Waals surface area (Å²) >= 11 is 0. The van der Waals surface area contributed by atoms with Gasteiger partial charge in [0.2, 0.25) is 5.88 Å². The van der Waals surface area contributed by atoms with Gasteiger partial charge in [-0.3, -0.25) is 0 Å². The van der Waals surface area contributed by atoms with Crippen LogP contribution < -0.4 is 10.5 Å². The lowest BCUT2D eigenvalue weighted by Crippen LogP contribution is -2.38. The molecule has 2 heterocycles. The van der Waals surface area contributed by atoms with Gasteiger partial charge < -0.3 is 15.2 Å². The fourth-order valence-electron chi connectivity index (χ4n) is 0.624. The minimum Gasteiger partial charge on any atom is -0.468 e. The summed E-state index contributed by atoms with van der Waals surface area (Å²) in [5.74, 6) is -0.0717. The fraction of sp³-hybridized carbons (Fsp3) is 0.429. The van der Waals surface area contributed by atoms with E-state index in [1.807, 2.05) is 0 Å². The van der Waals surface area contributed by atoms with Gasteiger partial charge in [0.1, 0.15) is 11.9 Å². The van der Waals surface area contributed by atoms with Crippen molar-refractivity contribution in [3.63, 3.8) is 0 Å². The highest BCUT2D eigenvalue weighted by Crippen LogP contribution is 2.12. The number of hydrogen-bond acceptors (Lipinski definition) is 5. The van der Waals surface area contributed by atoms with Gasteiger partial charge in [0.15, 0.2) is 0 Å². The molecule has 5 nitrogen and oxygen atoms in total. The van der Waals surface area contributed by atoms with Gasteiger partial charge in [-0.25, -0.2) is 0 Å². The van der Waals surface area contributed by atoms with Gasteiger partial charge in [-0.1, -0.05) is 0 Å². The smallest absolute Gasteiger partial charge is 0.233 e. The first-order chi connectivity index (χ1) is 7.68. The summed E-state index contributed by atoms with van der Waals surface area (Å²) in [5, 5.41) is 6.92. The van der Waals surface area contributed by atoms with E-state index >= 15 is 0 Å². The molecule has 1 fully saturated rings. The number of nitrogens with zero attached hydrogens (tertiary/aromatic N) is 2. The molecule has 0 unspecified atom stereocenters. The summed E-state index contributed by atoms with van der Waals surface area (Å²) in [4.78, 5) is 0. The zero-order valence-electron chi connectivity index (χ0n) is 10.9. The van der Waals surface area contributed by atoms with E-state index in [1.165, 1.54) is 12.1 Å². The lowest BCUT2D eigenvalue weighted by atomic mass is 10.3. The van der Waals surface area contributed by atoms with Crippen LogP contribution in [0.5, 0.6) is 5.88 Å². The van der Waals surface area contributed by atoms with Gasteiger partial charge in [-0.05, 0) is 6.07 Å². The number of rotatable bonds is 2. The maximum absolute atomic E-state index is 7.66. The van der Waals surface area contributed by atoms with Gasteiger partial charge >= 0.3 is 0 Å². The van der Waals surface area contributed by atoms with E-state index < -0.39 is 19.2 Å². The third-order valence-electron chi connectivity index (χ3n) is 1.15. The second kappa shape index (κ2) is 2.94. The monoisotopic (exact) mass is 172 g/mol. The molecule has 1 saturated heterocycles. The van der Waals surface area contributed by atoms with E-state index in [1.54, 1.807) is 0 Å². The Hall–Kier alpha value is -1.36.